The third kappa shape index (κ3) is 4.00. The van der Waals surface area contributed by atoms with Crippen molar-refractivity contribution in [1.29, 1.82) is 0 Å². The van der Waals surface area contributed by atoms with Crippen LogP contribution in [0.2, 0.25) is 0 Å². The highest BCUT2D eigenvalue weighted by Gasteiger charge is 2.31. The lowest BCUT2D eigenvalue weighted by atomic mass is 9.98. The maximum Gasteiger partial charge on any atom is 0.260 e. The van der Waals surface area contributed by atoms with Crippen molar-refractivity contribution < 1.29 is 19.3 Å². The van der Waals surface area contributed by atoms with Crippen molar-refractivity contribution in [3.05, 3.63) is 57.8 Å². The number of rotatable bonds is 5. The van der Waals surface area contributed by atoms with E-state index in [2.05, 4.69) is 16.8 Å². The van der Waals surface area contributed by atoms with Gasteiger partial charge in [0.15, 0.2) is 0 Å². The monoisotopic (exact) mass is 398 g/mol. The van der Waals surface area contributed by atoms with Crippen LogP contribution in [0.25, 0.3) is 0 Å². The maximum absolute atomic E-state index is 12.6. The molecule has 146 valence electrons. The Hall–Kier alpha value is -2.51. The summed E-state index contributed by atoms with van der Waals surface area (Å²) in [5, 5.41) is 4.27. The number of imide groups is 1. The number of benzene rings is 1. The van der Waals surface area contributed by atoms with Gasteiger partial charge in [-0.1, -0.05) is 18.2 Å². The normalized spacial score (nSPS) is 17.7. The number of piperazine rings is 1. The first-order chi connectivity index (χ1) is 13.6. The van der Waals surface area contributed by atoms with Crippen LogP contribution < -0.4 is 4.90 Å². The fourth-order valence-electron chi connectivity index (χ4n) is 3.92. The predicted molar refractivity (Wildman–Crippen MR) is 106 cm³/mol. The minimum absolute atomic E-state index is 0.0223. The highest BCUT2D eigenvalue weighted by atomic mass is 32.1. The average Bonchev–Trinajstić information content (AvgIpc) is 3.21. The molecule has 0 saturated carbocycles. The van der Waals surface area contributed by atoms with E-state index in [0.717, 1.165) is 38.3 Å². The highest BCUT2D eigenvalue weighted by Crippen LogP contribution is 2.19. The molecule has 28 heavy (non-hydrogen) atoms. The van der Waals surface area contributed by atoms with E-state index in [9.17, 15) is 14.4 Å². The van der Waals surface area contributed by atoms with Crippen molar-refractivity contribution in [2.45, 2.75) is 19.4 Å². The molecule has 2 aromatic rings. The van der Waals surface area contributed by atoms with Crippen LogP contribution in [0, 0.1) is 0 Å². The van der Waals surface area contributed by atoms with Crippen LogP contribution >= 0.6 is 11.3 Å². The Kier molecular flexibility index (Phi) is 5.54. The molecule has 7 heteroatoms. The molecular formula is C21H24N3O3S+. The van der Waals surface area contributed by atoms with Gasteiger partial charge in [0.1, 0.15) is 6.54 Å². The molecule has 0 spiro atoms. The summed E-state index contributed by atoms with van der Waals surface area (Å²) in [6, 6.07) is 9.34. The van der Waals surface area contributed by atoms with Gasteiger partial charge in [0.05, 0.1) is 32.6 Å². The summed E-state index contributed by atoms with van der Waals surface area (Å²) in [7, 11) is 0. The van der Waals surface area contributed by atoms with Crippen LogP contribution in [-0.2, 0) is 22.6 Å². The van der Waals surface area contributed by atoms with Gasteiger partial charge in [-0.25, -0.2) is 0 Å². The van der Waals surface area contributed by atoms with Crippen molar-refractivity contribution in [2.75, 3.05) is 32.7 Å². The molecule has 2 aliphatic rings. The van der Waals surface area contributed by atoms with Gasteiger partial charge in [0, 0.05) is 24.1 Å². The zero-order chi connectivity index (χ0) is 19.5. The lowest BCUT2D eigenvalue weighted by Gasteiger charge is -2.33. The molecular weight excluding hydrogens is 374 g/mol. The Balaban J connectivity index is 1.28. The number of carbonyl (C=O) groups is 3. The molecule has 1 aromatic heterocycles. The zero-order valence-corrected chi connectivity index (χ0v) is 16.5. The number of carbonyl (C=O) groups excluding carboxylic acids is 3. The number of fused-ring (bicyclic) bond motifs is 1. The molecule has 0 aliphatic carbocycles. The fourth-order valence-corrected chi connectivity index (χ4v) is 4.59. The number of hydrogen-bond acceptors (Lipinski definition) is 4. The smallest absolute Gasteiger partial charge is 0.260 e. The first kappa shape index (κ1) is 18.8. The van der Waals surface area contributed by atoms with Crippen LogP contribution in [0.3, 0.4) is 0 Å². The van der Waals surface area contributed by atoms with Gasteiger partial charge in [-0.2, -0.15) is 11.3 Å². The summed E-state index contributed by atoms with van der Waals surface area (Å²) in [5.41, 5.74) is 2.69. The molecule has 0 unspecified atom stereocenters. The third-order valence-electron chi connectivity index (χ3n) is 5.54. The second kappa shape index (κ2) is 8.24. The van der Waals surface area contributed by atoms with Crippen molar-refractivity contribution in [3.8, 4) is 0 Å². The molecule has 1 fully saturated rings. The van der Waals surface area contributed by atoms with Gasteiger partial charge in [0.25, 0.3) is 5.91 Å². The zero-order valence-electron chi connectivity index (χ0n) is 15.7. The predicted octanol–water partition coefficient (Wildman–Crippen LogP) is 0.590. The summed E-state index contributed by atoms with van der Waals surface area (Å²) < 4.78 is 0. The van der Waals surface area contributed by atoms with Crippen molar-refractivity contribution in [3.63, 3.8) is 0 Å². The van der Waals surface area contributed by atoms with E-state index in [1.165, 1.54) is 15.4 Å². The molecule has 3 heterocycles. The van der Waals surface area contributed by atoms with Gasteiger partial charge in [-0.05, 0) is 28.5 Å². The summed E-state index contributed by atoms with van der Waals surface area (Å²) in [4.78, 5) is 42.1. The molecule has 0 atom stereocenters. The molecule has 0 bridgehead atoms. The highest BCUT2D eigenvalue weighted by molar-refractivity contribution is 7.07. The largest absolute Gasteiger partial charge is 0.331 e. The molecule has 1 saturated heterocycles. The van der Waals surface area contributed by atoms with E-state index in [-0.39, 0.29) is 37.1 Å². The Morgan fingerprint density at radius 3 is 2.64 bits per heavy atom. The van der Waals surface area contributed by atoms with Gasteiger partial charge >= 0.3 is 0 Å². The maximum atomic E-state index is 12.6. The summed E-state index contributed by atoms with van der Waals surface area (Å²) in [6.07, 6.45) is 0.417. The second-order valence-corrected chi connectivity index (χ2v) is 8.15. The van der Waals surface area contributed by atoms with Gasteiger partial charge < -0.3 is 9.80 Å². The number of nitrogens with one attached hydrogen (secondary N) is 1. The van der Waals surface area contributed by atoms with E-state index in [1.54, 1.807) is 23.5 Å². The minimum atomic E-state index is -0.287. The quantitative estimate of drug-likeness (QED) is 0.750. The molecule has 2 aliphatic heterocycles. The minimum Gasteiger partial charge on any atom is -0.331 e. The first-order valence-electron chi connectivity index (χ1n) is 9.67. The summed E-state index contributed by atoms with van der Waals surface area (Å²) in [5.74, 6) is -0.486. The molecule has 6 nitrogen and oxygen atoms in total. The van der Waals surface area contributed by atoms with Gasteiger partial charge in [-0.3, -0.25) is 19.3 Å². The lowest BCUT2D eigenvalue weighted by molar-refractivity contribution is -0.917. The molecule has 1 N–H and O–H groups in total. The standard InChI is InChI=1S/C21H23N3O3S/c25-19(23-10-8-22(9-11-23)14-16-6-12-28-15-16)5-7-24-20(26)13-17-3-1-2-4-18(17)21(24)27/h1-4,6,12,15H,5,7-11,13-14H2/p+1. The lowest BCUT2D eigenvalue weighted by Crippen LogP contribution is -3.13. The number of amides is 3. The topological polar surface area (TPSA) is 62.1 Å². The van der Waals surface area contributed by atoms with E-state index in [4.69, 9.17) is 0 Å². The fraction of sp³-hybridized carbons (Fsp3) is 0.381. The summed E-state index contributed by atoms with van der Waals surface area (Å²) in [6.45, 7) is 4.47. The van der Waals surface area contributed by atoms with Gasteiger partial charge in [-0.15, -0.1) is 0 Å². The first-order valence-corrected chi connectivity index (χ1v) is 10.6. The number of quaternary nitrogens is 1. The number of thiophene rings is 1. The Bertz CT molecular complexity index is 873. The van der Waals surface area contributed by atoms with Crippen molar-refractivity contribution in [1.82, 2.24) is 9.80 Å². The molecule has 3 amide bonds. The van der Waals surface area contributed by atoms with Gasteiger partial charge in [0.2, 0.25) is 11.8 Å². The van der Waals surface area contributed by atoms with E-state index in [1.807, 2.05) is 17.0 Å². The SMILES string of the molecule is O=C(CCN1C(=O)Cc2ccccc2C1=O)N1CC[NH+](Cc2ccsc2)CC1. The molecule has 0 radical (unpaired) electrons. The van der Waals surface area contributed by atoms with Crippen LogP contribution in [0.15, 0.2) is 41.1 Å². The van der Waals surface area contributed by atoms with Crippen LogP contribution in [0.5, 0.6) is 0 Å². The second-order valence-electron chi connectivity index (χ2n) is 7.37. The van der Waals surface area contributed by atoms with Crippen molar-refractivity contribution >= 4 is 29.1 Å². The third-order valence-corrected chi connectivity index (χ3v) is 6.27. The number of hydrogen-bond donors (Lipinski definition) is 1. The average molecular weight is 399 g/mol. The Morgan fingerprint density at radius 2 is 1.89 bits per heavy atom. The van der Waals surface area contributed by atoms with Crippen LogP contribution in [-0.4, -0.2) is 60.2 Å². The number of nitrogens with zero attached hydrogens (tertiary/aromatic N) is 2. The Morgan fingerprint density at radius 1 is 1.11 bits per heavy atom. The van der Waals surface area contributed by atoms with Crippen LogP contribution in [0.4, 0.5) is 0 Å². The Labute approximate surface area is 168 Å². The van der Waals surface area contributed by atoms with Crippen LogP contribution in [0.1, 0.15) is 27.9 Å². The summed E-state index contributed by atoms with van der Waals surface area (Å²) >= 11 is 1.71. The van der Waals surface area contributed by atoms with E-state index >= 15 is 0 Å². The van der Waals surface area contributed by atoms with E-state index in [0.29, 0.717) is 5.56 Å². The molecule has 1 aromatic carbocycles. The van der Waals surface area contributed by atoms with E-state index < -0.39 is 0 Å². The van der Waals surface area contributed by atoms with Crippen molar-refractivity contribution in [2.24, 2.45) is 0 Å². The molecule has 4 rings (SSSR count).